The third-order valence-electron chi connectivity index (χ3n) is 7.01. The molecule has 1 atom stereocenters. The summed E-state index contributed by atoms with van der Waals surface area (Å²) < 4.78 is 21.5. The summed E-state index contributed by atoms with van der Waals surface area (Å²) in [6.07, 6.45) is 7.73. The topological polar surface area (TPSA) is 29.5 Å². The van der Waals surface area contributed by atoms with Crippen LogP contribution in [-0.4, -0.2) is 49.9 Å². The maximum atomic E-state index is 14.5. The fourth-order valence-corrected chi connectivity index (χ4v) is 5.25. The zero-order valence-electron chi connectivity index (χ0n) is 16.8. The minimum absolute atomic E-state index is 0. The number of para-hydroxylation sites is 1. The zero-order chi connectivity index (χ0) is 18.9. The Morgan fingerprint density at radius 2 is 1.82 bits per heavy atom. The number of halogens is 2. The van der Waals surface area contributed by atoms with Gasteiger partial charge in [0.15, 0.2) is 6.10 Å². The average molecular weight is 502 g/mol. The quantitative estimate of drug-likeness (QED) is 0.463. The lowest BCUT2D eigenvalue weighted by atomic mass is 9.84. The Balaban J connectivity index is 0.00000225. The van der Waals surface area contributed by atoms with Gasteiger partial charge in [0.25, 0.3) is 0 Å². The summed E-state index contributed by atoms with van der Waals surface area (Å²) in [5.41, 5.74) is 0.356. The van der Waals surface area contributed by atoms with Crippen LogP contribution in [-0.2, 0) is 4.74 Å². The first-order valence-electron chi connectivity index (χ1n) is 10.6. The first kappa shape index (κ1) is 21.8. The molecule has 4 nitrogen and oxygen atoms in total. The minimum Gasteiger partial charge on any atom is -1.00 e. The molecule has 1 saturated carbocycles. The molecule has 4 aliphatic rings. The maximum Gasteiger partial charge on any atom is 0.414 e. The van der Waals surface area contributed by atoms with E-state index in [-0.39, 0.29) is 42.0 Å². The summed E-state index contributed by atoms with van der Waals surface area (Å²) in [4.78, 5) is 14.7. The van der Waals surface area contributed by atoms with E-state index in [0.29, 0.717) is 24.1 Å². The molecule has 5 rings (SSSR count). The van der Waals surface area contributed by atoms with Crippen LogP contribution in [0.2, 0.25) is 0 Å². The molecule has 0 aromatic heterocycles. The molecule has 1 aromatic carbocycles. The summed E-state index contributed by atoms with van der Waals surface area (Å²) in [5.74, 6) is 0.547. The Morgan fingerprint density at radius 1 is 1.14 bits per heavy atom. The molecule has 28 heavy (non-hydrogen) atoms. The lowest BCUT2D eigenvalue weighted by Gasteiger charge is -2.50. The maximum absolute atomic E-state index is 14.5. The Hall–Kier alpha value is -0.890. The van der Waals surface area contributed by atoms with Gasteiger partial charge in [-0.3, -0.25) is 4.90 Å². The van der Waals surface area contributed by atoms with Gasteiger partial charge in [-0.25, -0.2) is 9.18 Å². The first-order valence-corrected chi connectivity index (χ1v) is 10.6. The Morgan fingerprint density at radius 3 is 2.46 bits per heavy atom. The number of carbonyl (C=O) groups excluding carboxylic acids is 1. The van der Waals surface area contributed by atoms with Crippen molar-refractivity contribution in [2.24, 2.45) is 11.8 Å². The first-order chi connectivity index (χ1) is 13.0. The highest BCUT2D eigenvalue weighted by atomic mass is 127. The van der Waals surface area contributed by atoms with E-state index in [9.17, 15) is 9.18 Å². The minimum atomic E-state index is -0.365. The molecule has 2 bridgehead atoms. The third-order valence-corrected chi connectivity index (χ3v) is 7.01. The highest BCUT2D eigenvalue weighted by Gasteiger charge is 2.45. The van der Waals surface area contributed by atoms with Crippen molar-refractivity contribution in [3.05, 3.63) is 30.1 Å². The van der Waals surface area contributed by atoms with Crippen LogP contribution in [0.1, 0.15) is 44.9 Å². The molecule has 1 amide bonds. The molecule has 6 heteroatoms. The van der Waals surface area contributed by atoms with E-state index in [1.807, 2.05) is 0 Å². The number of quaternary nitrogens is 1. The molecule has 0 N–H and O–H groups in total. The highest BCUT2D eigenvalue weighted by Crippen LogP contribution is 2.35. The largest absolute Gasteiger partial charge is 1.00 e. The third kappa shape index (κ3) is 4.81. The second-order valence-corrected chi connectivity index (χ2v) is 9.07. The van der Waals surface area contributed by atoms with Crippen LogP contribution in [0.5, 0.6) is 0 Å². The second kappa shape index (κ2) is 9.28. The van der Waals surface area contributed by atoms with Gasteiger partial charge in [0.05, 0.1) is 25.8 Å². The molecule has 3 aliphatic heterocycles. The van der Waals surface area contributed by atoms with Crippen molar-refractivity contribution in [3.63, 3.8) is 0 Å². The number of nitrogens with zero attached hydrogens (tertiary/aromatic N) is 2. The molecule has 156 valence electrons. The number of hydrogen-bond acceptors (Lipinski definition) is 2. The summed E-state index contributed by atoms with van der Waals surface area (Å²) in [5, 5.41) is 0. The van der Waals surface area contributed by atoms with E-state index in [1.165, 1.54) is 38.4 Å². The van der Waals surface area contributed by atoms with Crippen molar-refractivity contribution in [3.8, 4) is 0 Å². The Kier molecular flexibility index (Phi) is 7.23. The van der Waals surface area contributed by atoms with Crippen LogP contribution in [0.25, 0.3) is 0 Å². The number of piperidine rings is 3. The molecule has 0 spiro atoms. The molecule has 0 radical (unpaired) electrons. The molecule has 4 fully saturated rings. The molecule has 0 unspecified atom stereocenters. The molecule has 3 heterocycles. The normalized spacial score (nSPS) is 29.8. The number of amides is 1. The molecule has 1 aliphatic carbocycles. The fraction of sp³-hybridized carbons (Fsp3) is 0.682. The molecular formula is C22H32FIN2O2. The van der Waals surface area contributed by atoms with Gasteiger partial charge >= 0.3 is 6.09 Å². The molecule has 1 aromatic rings. The second-order valence-electron chi connectivity index (χ2n) is 9.07. The summed E-state index contributed by atoms with van der Waals surface area (Å²) in [7, 11) is 2.26. The predicted molar refractivity (Wildman–Crippen MR) is 104 cm³/mol. The van der Waals surface area contributed by atoms with Crippen molar-refractivity contribution >= 4 is 11.8 Å². The van der Waals surface area contributed by atoms with Crippen LogP contribution >= 0.6 is 0 Å². The average Bonchev–Trinajstić information content (AvgIpc) is 2.68. The number of likely N-dealkylation sites (N-methyl/N-ethyl adjacent to an activating group) is 1. The van der Waals surface area contributed by atoms with Crippen molar-refractivity contribution in [2.45, 2.75) is 51.0 Å². The monoisotopic (exact) mass is 502 g/mol. The van der Waals surface area contributed by atoms with Crippen LogP contribution in [0.3, 0.4) is 0 Å². The zero-order valence-corrected chi connectivity index (χ0v) is 18.9. The van der Waals surface area contributed by atoms with Gasteiger partial charge in [0.1, 0.15) is 12.4 Å². The van der Waals surface area contributed by atoms with Gasteiger partial charge < -0.3 is 33.2 Å². The van der Waals surface area contributed by atoms with E-state index >= 15 is 0 Å². The van der Waals surface area contributed by atoms with Crippen LogP contribution in [0.15, 0.2) is 24.3 Å². The van der Waals surface area contributed by atoms with E-state index in [2.05, 4.69) is 7.05 Å². The van der Waals surface area contributed by atoms with Gasteiger partial charge in [-0.15, -0.1) is 0 Å². The van der Waals surface area contributed by atoms with Crippen molar-refractivity contribution < 1.29 is 42.4 Å². The number of hydrogen-bond donors (Lipinski definition) is 0. The number of fused-ring (bicyclic) bond motifs is 3. The lowest BCUT2D eigenvalue weighted by Crippen LogP contribution is -3.00. The molecular weight excluding hydrogens is 470 g/mol. The van der Waals surface area contributed by atoms with Crippen LogP contribution < -0.4 is 28.9 Å². The standard InChI is InChI=1S/C22H32FN2O2.HI/c1-25-13-11-18(12-14-25)21(16-25)27-22(26)24(15-17-7-3-2-4-8-17)20-10-6-5-9-19(20)23;/h5-6,9-10,17-18,21H,2-4,7-8,11-16H2,1H3;1H/q+1;/p-1/t18?,21-,25?;/m0./s1. The Bertz CT molecular complexity index is 672. The van der Waals surface area contributed by atoms with Crippen molar-refractivity contribution in [1.29, 1.82) is 0 Å². The lowest BCUT2D eigenvalue weighted by molar-refractivity contribution is -0.928. The predicted octanol–water partition coefficient (Wildman–Crippen LogP) is 1.59. The van der Waals surface area contributed by atoms with Crippen molar-refractivity contribution in [1.82, 2.24) is 0 Å². The smallest absolute Gasteiger partial charge is 0.414 e. The number of anilines is 1. The SMILES string of the molecule is C[N+]12CCC(CC1)[C@@H](OC(=O)N(CC1CCCCC1)c1ccccc1F)C2.[I-]. The van der Waals surface area contributed by atoms with E-state index in [1.54, 1.807) is 23.1 Å². The highest BCUT2D eigenvalue weighted by molar-refractivity contribution is 5.88. The van der Waals surface area contributed by atoms with E-state index in [4.69, 9.17) is 4.74 Å². The number of rotatable bonds is 4. The number of carbonyl (C=O) groups is 1. The number of ether oxygens (including phenoxy) is 1. The van der Waals surface area contributed by atoms with Gasteiger partial charge in [-0.1, -0.05) is 31.4 Å². The van der Waals surface area contributed by atoms with Crippen LogP contribution in [0.4, 0.5) is 14.9 Å². The van der Waals surface area contributed by atoms with Gasteiger partial charge in [0, 0.05) is 25.3 Å². The summed E-state index contributed by atoms with van der Waals surface area (Å²) in [6, 6.07) is 6.59. The molecule has 3 saturated heterocycles. The number of benzene rings is 1. The van der Waals surface area contributed by atoms with Crippen molar-refractivity contribution in [2.75, 3.05) is 38.1 Å². The van der Waals surface area contributed by atoms with E-state index < -0.39 is 0 Å². The van der Waals surface area contributed by atoms with Gasteiger partial charge in [-0.2, -0.15) is 0 Å². The summed E-state index contributed by atoms with van der Waals surface area (Å²) >= 11 is 0. The van der Waals surface area contributed by atoms with Gasteiger partial charge in [0.2, 0.25) is 0 Å². The van der Waals surface area contributed by atoms with E-state index in [0.717, 1.165) is 36.7 Å². The van der Waals surface area contributed by atoms with Crippen LogP contribution in [0, 0.1) is 17.7 Å². The Labute approximate surface area is 185 Å². The fourth-order valence-electron chi connectivity index (χ4n) is 5.25. The van der Waals surface area contributed by atoms with Gasteiger partial charge in [-0.05, 0) is 30.9 Å². The summed E-state index contributed by atoms with van der Waals surface area (Å²) in [6.45, 7) is 3.81.